The number of hydrogen-bond acceptors (Lipinski definition) is 4. The lowest BCUT2D eigenvalue weighted by atomic mass is 9.97. The van der Waals surface area contributed by atoms with Crippen molar-refractivity contribution in [3.05, 3.63) is 29.3 Å². The van der Waals surface area contributed by atoms with Crippen molar-refractivity contribution in [2.75, 3.05) is 32.8 Å². The van der Waals surface area contributed by atoms with Crippen LogP contribution in [0.15, 0.2) is 29.2 Å². The summed E-state index contributed by atoms with van der Waals surface area (Å²) in [4.78, 5) is 14.9. The highest BCUT2D eigenvalue weighted by molar-refractivity contribution is 7.89. The number of halogens is 1. The maximum absolute atomic E-state index is 12.8. The van der Waals surface area contributed by atoms with Crippen molar-refractivity contribution in [3.8, 4) is 0 Å². The largest absolute Gasteiger partial charge is 0.377 e. The monoisotopic (exact) mass is 386 g/mol. The SMILES string of the molecule is CC1COCCN1C(=O)C1CCCN(S(=O)(=O)c2ccc(Cl)cc2)C1. The lowest BCUT2D eigenvalue weighted by molar-refractivity contribution is -0.144. The van der Waals surface area contributed by atoms with E-state index in [1.807, 2.05) is 11.8 Å². The summed E-state index contributed by atoms with van der Waals surface area (Å²) in [5, 5.41) is 0.493. The Labute approximate surface area is 153 Å². The van der Waals surface area contributed by atoms with Gasteiger partial charge < -0.3 is 9.64 Å². The molecule has 1 aromatic carbocycles. The zero-order valence-corrected chi connectivity index (χ0v) is 15.8. The van der Waals surface area contributed by atoms with Crippen LogP contribution in [-0.4, -0.2) is 62.4 Å². The highest BCUT2D eigenvalue weighted by Crippen LogP contribution is 2.26. The minimum Gasteiger partial charge on any atom is -0.377 e. The number of ether oxygens (including phenoxy) is 1. The van der Waals surface area contributed by atoms with Gasteiger partial charge >= 0.3 is 0 Å². The first-order chi connectivity index (χ1) is 11.9. The van der Waals surface area contributed by atoms with Crippen molar-refractivity contribution < 1.29 is 17.9 Å². The predicted molar refractivity (Wildman–Crippen MR) is 94.9 cm³/mol. The molecule has 2 heterocycles. The molecule has 1 amide bonds. The molecule has 2 aliphatic heterocycles. The second kappa shape index (κ2) is 7.61. The van der Waals surface area contributed by atoms with Crippen molar-refractivity contribution in [2.24, 2.45) is 5.92 Å². The van der Waals surface area contributed by atoms with Gasteiger partial charge in [-0.15, -0.1) is 0 Å². The highest BCUT2D eigenvalue weighted by atomic mass is 35.5. The van der Waals surface area contributed by atoms with Crippen LogP contribution in [0.4, 0.5) is 0 Å². The van der Waals surface area contributed by atoms with Gasteiger partial charge in [0.1, 0.15) is 0 Å². The Hall–Kier alpha value is -1.15. The van der Waals surface area contributed by atoms with E-state index in [1.54, 1.807) is 12.1 Å². The maximum atomic E-state index is 12.8. The lowest BCUT2D eigenvalue weighted by Crippen LogP contribution is -2.52. The quantitative estimate of drug-likeness (QED) is 0.796. The Morgan fingerprint density at radius 3 is 2.64 bits per heavy atom. The van der Waals surface area contributed by atoms with Crippen molar-refractivity contribution in [2.45, 2.75) is 30.7 Å². The Balaban J connectivity index is 1.74. The second-order valence-electron chi connectivity index (χ2n) is 6.61. The van der Waals surface area contributed by atoms with E-state index in [0.29, 0.717) is 37.7 Å². The Morgan fingerprint density at radius 2 is 1.96 bits per heavy atom. The van der Waals surface area contributed by atoms with Gasteiger partial charge in [-0.1, -0.05) is 11.6 Å². The molecule has 3 rings (SSSR count). The molecule has 0 spiro atoms. The molecule has 25 heavy (non-hydrogen) atoms. The number of piperidine rings is 1. The molecule has 0 saturated carbocycles. The first kappa shape index (κ1) is 18.6. The fourth-order valence-electron chi connectivity index (χ4n) is 3.41. The fraction of sp³-hybridized carbons (Fsp3) is 0.588. The topological polar surface area (TPSA) is 66.9 Å². The number of benzene rings is 1. The summed E-state index contributed by atoms with van der Waals surface area (Å²) in [6.07, 6.45) is 1.40. The number of nitrogens with zero attached hydrogens (tertiary/aromatic N) is 2. The van der Waals surface area contributed by atoms with Crippen molar-refractivity contribution in [3.63, 3.8) is 0 Å². The molecule has 6 nitrogen and oxygen atoms in total. The van der Waals surface area contributed by atoms with Crippen molar-refractivity contribution >= 4 is 27.5 Å². The van der Waals surface area contributed by atoms with Gasteiger partial charge in [-0.25, -0.2) is 8.42 Å². The van der Waals surface area contributed by atoms with Gasteiger partial charge in [0, 0.05) is 24.7 Å². The molecule has 8 heteroatoms. The van der Waals surface area contributed by atoms with Crippen LogP contribution in [-0.2, 0) is 19.6 Å². The van der Waals surface area contributed by atoms with E-state index in [4.69, 9.17) is 16.3 Å². The van der Waals surface area contributed by atoms with Gasteiger partial charge in [-0.05, 0) is 44.0 Å². The molecule has 0 N–H and O–H groups in total. The first-order valence-electron chi connectivity index (χ1n) is 8.53. The zero-order chi connectivity index (χ0) is 18.0. The van der Waals surface area contributed by atoms with Gasteiger partial charge in [-0.3, -0.25) is 4.79 Å². The smallest absolute Gasteiger partial charge is 0.243 e. The zero-order valence-electron chi connectivity index (χ0n) is 14.2. The summed E-state index contributed by atoms with van der Waals surface area (Å²) < 4.78 is 32.5. The molecule has 0 aliphatic carbocycles. The number of amides is 1. The van der Waals surface area contributed by atoms with Crippen LogP contribution in [0.1, 0.15) is 19.8 Å². The molecule has 2 fully saturated rings. The lowest BCUT2D eigenvalue weighted by Gasteiger charge is -2.38. The number of hydrogen-bond donors (Lipinski definition) is 0. The third kappa shape index (κ3) is 4.00. The molecular weight excluding hydrogens is 364 g/mol. The standard InChI is InChI=1S/C17H23ClN2O4S/c1-13-12-24-10-9-20(13)17(21)14-3-2-8-19(11-14)25(22,23)16-6-4-15(18)5-7-16/h4-7,13-14H,2-3,8-12H2,1H3. The summed E-state index contributed by atoms with van der Waals surface area (Å²) in [7, 11) is -3.61. The van der Waals surface area contributed by atoms with E-state index in [2.05, 4.69) is 0 Å². The Morgan fingerprint density at radius 1 is 1.24 bits per heavy atom. The number of carbonyl (C=O) groups excluding carboxylic acids is 1. The van der Waals surface area contributed by atoms with Crippen LogP contribution in [0.25, 0.3) is 0 Å². The maximum Gasteiger partial charge on any atom is 0.243 e. The summed E-state index contributed by atoms with van der Waals surface area (Å²) >= 11 is 5.84. The Kier molecular flexibility index (Phi) is 5.68. The van der Waals surface area contributed by atoms with Gasteiger partial charge in [0.05, 0.1) is 30.1 Å². The van der Waals surface area contributed by atoms with E-state index in [-0.39, 0.29) is 29.3 Å². The number of rotatable bonds is 3. The summed E-state index contributed by atoms with van der Waals surface area (Å²) in [6.45, 7) is 4.27. The third-order valence-electron chi connectivity index (χ3n) is 4.84. The predicted octanol–water partition coefficient (Wildman–Crippen LogP) is 1.99. The molecule has 2 saturated heterocycles. The second-order valence-corrected chi connectivity index (χ2v) is 8.99. The number of morpholine rings is 1. The molecule has 138 valence electrons. The molecule has 1 aromatic rings. The van der Waals surface area contributed by atoms with Crippen LogP contribution < -0.4 is 0 Å². The summed E-state index contributed by atoms with van der Waals surface area (Å²) in [5.41, 5.74) is 0. The van der Waals surface area contributed by atoms with Crippen LogP contribution >= 0.6 is 11.6 Å². The Bertz CT molecular complexity index is 723. The average Bonchev–Trinajstić information content (AvgIpc) is 2.62. The van der Waals surface area contributed by atoms with Gasteiger partial charge in [-0.2, -0.15) is 4.31 Å². The molecule has 0 radical (unpaired) electrons. The third-order valence-corrected chi connectivity index (χ3v) is 6.97. The van der Waals surface area contributed by atoms with E-state index in [9.17, 15) is 13.2 Å². The van der Waals surface area contributed by atoms with Gasteiger partial charge in [0.25, 0.3) is 0 Å². The molecular formula is C17H23ClN2O4S. The minimum absolute atomic E-state index is 0.0319. The summed E-state index contributed by atoms with van der Waals surface area (Å²) in [5.74, 6) is -0.261. The van der Waals surface area contributed by atoms with E-state index >= 15 is 0 Å². The normalized spacial score (nSPS) is 25.8. The minimum atomic E-state index is -3.61. The average molecular weight is 387 g/mol. The van der Waals surface area contributed by atoms with Crippen LogP contribution in [0, 0.1) is 5.92 Å². The van der Waals surface area contributed by atoms with E-state index < -0.39 is 10.0 Å². The van der Waals surface area contributed by atoms with Crippen molar-refractivity contribution in [1.82, 2.24) is 9.21 Å². The molecule has 0 aromatic heterocycles. The number of sulfonamides is 1. The van der Waals surface area contributed by atoms with Crippen molar-refractivity contribution in [1.29, 1.82) is 0 Å². The molecule has 0 bridgehead atoms. The van der Waals surface area contributed by atoms with Crippen LogP contribution in [0.2, 0.25) is 5.02 Å². The van der Waals surface area contributed by atoms with Crippen LogP contribution in [0.5, 0.6) is 0 Å². The van der Waals surface area contributed by atoms with Crippen LogP contribution in [0.3, 0.4) is 0 Å². The van der Waals surface area contributed by atoms with E-state index in [1.165, 1.54) is 16.4 Å². The van der Waals surface area contributed by atoms with E-state index in [0.717, 1.165) is 6.42 Å². The summed E-state index contributed by atoms with van der Waals surface area (Å²) in [6, 6.07) is 6.18. The number of carbonyl (C=O) groups is 1. The first-order valence-corrected chi connectivity index (χ1v) is 10.4. The van der Waals surface area contributed by atoms with Gasteiger partial charge in [0.2, 0.25) is 15.9 Å². The highest BCUT2D eigenvalue weighted by Gasteiger charge is 2.36. The fourth-order valence-corrected chi connectivity index (χ4v) is 5.06. The molecule has 2 atom stereocenters. The molecule has 2 aliphatic rings. The van der Waals surface area contributed by atoms with Gasteiger partial charge in [0.15, 0.2) is 0 Å². The molecule has 2 unspecified atom stereocenters.